The first-order valence-electron chi connectivity index (χ1n) is 6.78. The lowest BCUT2D eigenvalue weighted by atomic mass is 9.98. The number of likely N-dealkylation sites (tertiary alicyclic amines) is 1. The summed E-state index contributed by atoms with van der Waals surface area (Å²) in [5.74, 6) is -0.234. The van der Waals surface area contributed by atoms with E-state index in [1.54, 1.807) is 16.7 Å². The Bertz CT molecular complexity index is 315. The summed E-state index contributed by atoms with van der Waals surface area (Å²) in [7, 11) is 0. The van der Waals surface area contributed by atoms with Gasteiger partial charge in [-0.25, -0.2) is 9.59 Å². The topological polar surface area (TPSA) is 69.6 Å². The van der Waals surface area contributed by atoms with Crippen LogP contribution < -0.4 is 5.32 Å². The Morgan fingerprint density at radius 3 is 2.42 bits per heavy atom. The zero-order chi connectivity index (χ0) is 14.4. The number of nitrogens with zero attached hydrogens (tertiary/aromatic N) is 1. The standard InChI is InChI=1S/C13H24N2O3S/c1-9-5-4-6-10(2)15(9)13(18)14-11(12(16)17)7-8-19-3/h9-11H,4-8H2,1-3H3,(H,14,18)(H,16,17)/t9-,10+,11-/m1/s1. The van der Waals surface area contributed by atoms with E-state index in [0.29, 0.717) is 6.42 Å². The van der Waals surface area contributed by atoms with Gasteiger partial charge in [-0.15, -0.1) is 0 Å². The maximum absolute atomic E-state index is 12.2. The lowest BCUT2D eigenvalue weighted by Gasteiger charge is -2.39. The van der Waals surface area contributed by atoms with Gasteiger partial charge in [0.05, 0.1) is 0 Å². The number of carbonyl (C=O) groups is 2. The highest BCUT2D eigenvalue weighted by molar-refractivity contribution is 7.98. The maximum Gasteiger partial charge on any atom is 0.326 e. The van der Waals surface area contributed by atoms with Gasteiger partial charge in [0.1, 0.15) is 6.04 Å². The largest absolute Gasteiger partial charge is 0.480 e. The lowest BCUT2D eigenvalue weighted by molar-refractivity contribution is -0.139. The average Bonchev–Trinajstić information content (AvgIpc) is 2.33. The molecule has 3 atom stereocenters. The molecule has 1 rings (SSSR count). The van der Waals surface area contributed by atoms with Gasteiger partial charge in [-0.2, -0.15) is 11.8 Å². The molecule has 0 unspecified atom stereocenters. The van der Waals surface area contributed by atoms with Gasteiger partial charge in [0.25, 0.3) is 0 Å². The van der Waals surface area contributed by atoms with Crippen molar-refractivity contribution in [2.24, 2.45) is 0 Å². The highest BCUT2D eigenvalue weighted by Crippen LogP contribution is 2.22. The highest BCUT2D eigenvalue weighted by atomic mass is 32.2. The third-order valence-corrected chi connectivity index (χ3v) is 4.28. The molecule has 0 saturated carbocycles. The van der Waals surface area contributed by atoms with E-state index in [1.807, 2.05) is 20.1 Å². The van der Waals surface area contributed by atoms with E-state index in [-0.39, 0.29) is 18.1 Å². The van der Waals surface area contributed by atoms with E-state index in [2.05, 4.69) is 5.32 Å². The minimum atomic E-state index is -0.959. The van der Waals surface area contributed by atoms with Crippen LogP contribution in [0.2, 0.25) is 0 Å². The molecule has 1 heterocycles. The molecule has 0 bridgehead atoms. The monoisotopic (exact) mass is 288 g/mol. The van der Waals surface area contributed by atoms with Gasteiger partial charge in [0.15, 0.2) is 0 Å². The van der Waals surface area contributed by atoms with Crippen LogP contribution in [-0.4, -0.2) is 52.1 Å². The Morgan fingerprint density at radius 1 is 1.37 bits per heavy atom. The molecule has 2 amide bonds. The number of rotatable bonds is 5. The number of amides is 2. The van der Waals surface area contributed by atoms with Crippen LogP contribution in [0.15, 0.2) is 0 Å². The molecule has 2 N–H and O–H groups in total. The Kier molecular flexibility index (Phi) is 6.48. The fourth-order valence-electron chi connectivity index (χ4n) is 2.54. The van der Waals surface area contributed by atoms with E-state index in [0.717, 1.165) is 25.0 Å². The third-order valence-electron chi connectivity index (χ3n) is 3.63. The van der Waals surface area contributed by atoms with Gasteiger partial charge in [0, 0.05) is 12.1 Å². The van der Waals surface area contributed by atoms with Gasteiger partial charge in [-0.1, -0.05) is 0 Å². The Morgan fingerprint density at radius 2 is 1.95 bits per heavy atom. The Hall–Kier alpha value is -0.910. The number of carboxylic acids is 1. The molecule has 0 radical (unpaired) electrons. The molecule has 0 aromatic carbocycles. The van der Waals surface area contributed by atoms with Gasteiger partial charge in [0.2, 0.25) is 0 Å². The number of thioether (sulfide) groups is 1. The summed E-state index contributed by atoms with van der Waals surface area (Å²) in [6, 6.07) is -0.674. The predicted octanol–water partition coefficient (Wildman–Crippen LogP) is 2.17. The van der Waals surface area contributed by atoms with Crippen molar-refractivity contribution in [2.45, 2.75) is 57.7 Å². The molecule has 1 fully saturated rings. The molecule has 19 heavy (non-hydrogen) atoms. The zero-order valence-corrected chi connectivity index (χ0v) is 12.7. The smallest absolute Gasteiger partial charge is 0.326 e. The molecule has 0 aromatic rings. The molecule has 1 aliphatic heterocycles. The van der Waals surface area contributed by atoms with Crippen molar-refractivity contribution in [2.75, 3.05) is 12.0 Å². The van der Waals surface area contributed by atoms with Crippen molar-refractivity contribution in [1.82, 2.24) is 10.2 Å². The molecule has 0 aromatic heterocycles. The fraction of sp³-hybridized carbons (Fsp3) is 0.846. The van der Waals surface area contributed by atoms with Gasteiger partial charge in [-0.05, 0) is 51.5 Å². The minimum Gasteiger partial charge on any atom is -0.480 e. The highest BCUT2D eigenvalue weighted by Gasteiger charge is 2.31. The first-order chi connectivity index (χ1) is 8.97. The van der Waals surface area contributed by atoms with Crippen LogP contribution in [0.4, 0.5) is 4.79 Å². The van der Waals surface area contributed by atoms with Crippen molar-refractivity contribution in [3.63, 3.8) is 0 Å². The number of aliphatic carboxylic acids is 1. The summed E-state index contributed by atoms with van der Waals surface area (Å²) in [5, 5.41) is 11.8. The SMILES string of the molecule is CSCC[C@@H](NC(=O)N1[C@H](C)CCC[C@@H]1C)C(=O)O. The van der Waals surface area contributed by atoms with Crippen LogP contribution in [0.1, 0.15) is 39.5 Å². The number of carbonyl (C=O) groups excluding carboxylic acids is 1. The molecule has 0 spiro atoms. The van der Waals surface area contributed by atoms with Crippen LogP contribution in [-0.2, 0) is 4.79 Å². The summed E-state index contributed by atoms with van der Waals surface area (Å²) in [4.78, 5) is 25.2. The van der Waals surface area contributed by atoms with Crippen LogP contribution >= 0.6 is 11.8 Å². The van der Waals surface area contributed by atoms with Crippen molar-refractivity contribution in [1.29, 1.82) is 0 Å². The van der Waals surface area contributed by atoms with Crippen molar-refractivity contribution in [3.8, 4) is 0 Å². The molecule has 5 nitrogen and oxygen atoms in total. The quantitative estimate of drug-likeness (QED) is 0.813. The molecular weight excluding hydrogens is 264 g/mol. The van der Waals surface area contributed by atoms with E-state index in [4.69, 9.17) is 5.11 Å². The molecule has 0 aliphatic carbocycles. The second-order valence-electron chi connectivity index (χ2n) is 5.16. The molecule has 1 aliphatic rings. The summed E-state index contributed by atoms with van der Waals surface area (Å²) in [6.07, 6.45) is 5.48. The summed E-state index contributed by atoms with van der Waals surface area (Å²) in [5.41, 5.74) is 0. The molecule has 1 saturated heterocycles. The van der Waals surface area contributed by atoms with E-state index in [9.17, 15) is 9.59 Å². The van der Waals surface area contributed by atoms with E-state index in [1.165, 1.54) is 0 Å². The Labute approximate surface area is 119 Å². The Balaban J connectivity index is 2.62. The minimum absolute atomic E-state index is 0.179. The number of hydrogen-bond acceptors (Lipinski definition) is 3. The lowest BCUT2D eigenvalue weighted by Crippen LogP contribution is -2.55. The first-order valence-corrected chi connectivity index (χ1v) is 8.17. The predicted molar refractivity (Wildman–Crippen MR) is 77.6 cm³/mol. The number of urea groups is 1. The third kappa shape index (κ3) is 4.60. The van der Waals surface area contributed by atoms with Crippen LogP contribution in [0.5, 0.6) is 0 Å². The maximum atomic E-state index is 12.2. The van der Waals surface area contributed by atoms with Crippen molar-refractivity contribution < 1.29 is 14.7 Å². The van der Waals surface area contributed by atoms with Crippen molar-refractivity contribution >= 4 is 23.8 Å². The van der Waals surface area contributed by atoms with E-state index >= 15 is 0 Å². The number of carboxylic acid groups (broad SMARTS) is 1. The van der Waals surface area contributed by atoms with Gasteiger partial charge >= 0.3 is 12.0 Å². The van der Waals surface area contributed by atoms with Crippen molar-refractivity contribution in [3.05, 3.63) is 0 Å². The second-order valence-corrected chi connectivity index (χ2v) is 6.14. The zero-order valence-electron chi connectivity index (χ0n) is 11.9. The van der Waals surface area contributed by atoms with E-state index < -0.39 is 12.0 Å². The normalized spacial score (nSPS) is 24.9. The summed E-state index contributed by atoms with van der Waals surface area (Å²) in [6.45, 7) is 4.04. The molecule has 110 valence electrons. The number of piperidine rings is 1. The van der Waals surface area contributed by atoms with Crippen LogP contribution in [0.3, 0.4) is 0 Å². The molecular formula is C13H24N2O3S. The van der Waals surface area contributed by atoms with Crippen LogP contribution in [0, 0.1) is 0 Å². The summed E-state index contributed by atoms with van der Waals surface area (Å²) < 4.78 is 0. The molecule has 6 heteroatoms. The first kappa shape index (κ1) is 16.1. The fourth-order valence-corrected chi connectivity index (χ4v) is 3.01. The van der Waals surface area contributed by atoms with Crippen LogP contribution in [0.25, 0.3) is 0 Å². The average molecular weight is 288 g/mol. The van der Waals surface area contributed by atoms with Gasteiger partial charge in [-0.3, -0.25) is 0 Å². The van der Waals surface area contributed by atoms with Gasteiger partial charge < -0.3 is 15.3 Å². The second kappa shape index (κ2) is 7.62. The number of hydrogen-bond donors (Lipinski definition) is 2. The summed E-state index contributed by atoms with van der Waals surface area (Å²) >= 11 is 1.58. The number of nitrogens with one attached hydrogen (secondary N) is 1.